The highest BCUT2D eigenvalue weighted by Gasteiger charge is 2.21. The van der Waals surface area contributed by atoms with Gasteiger partial charge >= 0.3 is 5.97 Å². The summed E-state index contributed by atoms with van der Waals surface area (Å²) in [6.45, 7) is 6.04. The van der Waals surface area contributed by atoms with Crippen LogP contribution in [0.4, 0.5) is 0 Å². The fourth-order valence-corrected chi connectivity index (χ4v) is 3.48. The molecule has 2 aromatic heterocycles. The van der Waals surface area contributed by atoms with Crippen LogP contribution in [0.3, 0.4) is 0 Å². The summed E-state index contributed by atoms with van der Waals surface area (Å²) < 4.78 is 2.17. The molecule has 0 aliphatic heterocycles. The zero-order valence-electron chi connectivity index (χ0n) is 11.5. The molecule has 0 aliphatic carbocycles. The molecule has 0 radical (unpaired) electrons. The van der Waals surface area contributed by atoms with Gasteiger partial charge in [0.1, 0.15) is 0 Å². The van der Waals surface area contributed by atoms with Crippen molar-refractivity contribution in [3.63, 3.8) is 0 Å². The first kappa shape index (κ1) is 13.9. The lowest BCUT2D eigenvalue weighted by atomic mass is 10.1. The van der Waals surface area contributed by atoms with Gasteiger partial charge in [-0.3, -0.25) is 0 Å². The number of thiophene rings is 1. The minimum atomic E-state index is -0.847. The van der Waals surface area contributed by atoms with Gasteiger partial charge in [-0.25, -0.2) is 4.79 Å². The molecule has 4 heteroatoms. The third kappa shape index (κ3) is 2.59. The van der Waals surface area contributed by atoms with Crippen LogP contribution in [0.2, 0.25) is 0 Å². The second kappa shape index (κ2) is 5.61. The van der Waals surface area contributed by atoms with Crippen LogP contribution < -0.4 is 0 Å². The molecule has 3 nitrogen and oxygen atoms in total. The predicted octanol–water partition coefficient (Wildman–Crippen LogP) is 4.25. The first-order valence-electron chi connectivity index (χ1n) is 6.51. The van der Waals surface area contributed by atoms with Crippen LogP contribution in [0.5, 0.6) is 0 Å². The highest BCUT2D eigenvalue weighted by Crippen LogP contribution is 2.31. The molecule has 0 aliphatic rings. The minimum Gasteiger partial charge on any atom is -0.478 e. The molecule has 1 unspecified atom stereocenters. The maximum Gasteiger partial charge on any atom is 0.337 e. The Hall–Kier alpha value is -1.55. The van der Waals surface area contributed by atoms with E-state index in [0.717, 1.165) is 24.2 Å². The molecule has 0 saturated carbocycles. The number of aromatic nitrogens is 1. The van der Waals surface area contributed by atoms with E-state index in [9.17, 15) is 9.90 Å². The molecule has 19 heavy (non-hydrogen) atoms. The Morgan fingerprint density at radius 3 is 2.68 bits per heavy atom. The van der Waals surface area contributed by atoms with E-state index >= 15 is 0 Å². The van der Waals surface area contributed by atoms with E-state index in [2.05, 4.69) is 29.0 Å². The average Bonchev–Trinajstić information content (AvgIpc) is 2.96. The van der Waals surface area contributed by atoms with Crippen molar-refractivity contribution in [3.8, 4) is 0 Å². The summed E-state index contributed by atoms with van der Waals surface area (Å²) in [7, 11) is 0. The molecule has 1 N–H and O–H groups in total. The minimum absolute atomic E-state index is 0.248. The summed E-state index contributed by atoms with van der Waals surface area (Å²) in [6, 6.07) is 6.20. The number of nitrogens with zero attached hydrogens (tertiary/aromatic N) is 1. The number of rotatable bonds is 5. The van der Waals surface area contributed by atoms with Gasteiger partial charge in [0.2, 0.25) is 0 Å². The molecule has 0 bridgehead atoms. The Morgan fingerprint density at radius 2 is 2.21 bits per heavy atom. The zero-order valence-corrected chi connectivity index (χ0v) is 12.3. The van der Waals surface area contributed by atoms with E-state index in [1.807, 2.05) is 13.8 Å². The van der Waals surface area contributed by atoms with Gasteiger partial charge in [0.15, 0.2) is 0 Å². The molecule has 0 amide bonds. The maximum absolute atomic E-state index is 11.2. The van der Waals surface area contributed by atoms with Crippen LogP contribution >= 0.6 is 11.3 Å². The fraction of sp³-hybridized carbons (Fsp3) is 0.400. The molecule has 102 valence electrons. The SMILES string of the molecule is CCCC(c1cccs1)n1c(C)cc(C(=O)O)c1C. The smallest absolute Gasteiger partial charge is 0.337 e. The van der Waals surface area contributed by atoms with Crippen LogP contribution in [0.15, 0.2) is 23.6 Å². The number of carbonyl (C=O) groups is 1. The lowest BCUT2D eigenvalue weighted by molar-refractivity contribution is 0.0696. The van der Waals surface area contributed by atoms with Gasteiger partial charge in [0, 0.05) is 16.3 Å². The Kier molecular flexibility index (Phi) is 4.10. The molecule has 0 fully saturated rings. The molecule has 0 spiro atoms. The van der Waals surface area contributed by atoms with Gasteiger partial charge < -0.3 is 9.67 Å². The molecule has 2 aromatic rings. The average molecular weight is 277 g/mol. The summed E-state index contributed by atoms with van der Waals surface area (Å²) >= 11 is 1.73. The standard InChI is InChI=1S/C15H19NO2S/c1-4-6-13(14-7-5-8-19-14)16-10(2)9-12(11(16)3)15(17)18/h5,7-9,13H,4,6H2,1-3H3,(H,17,18). The van der Waals surface area contributed by atoms with Gasteiger partial charge in [0.25, 0.3) is 0 Å². The van der Waals surface area contributed by atoms with E-state index < -0.39 is 5.97 Å². The Morgan fingerprint density at radius 1 is 1.47 bits per heavy atom. The number of aromatic carboxylic acids is 1. The molecule has 0 saturated heterocycles. The first-order valence-corrected chi connectivity index (χ1v) is 7.39. The lowest BCUT2D eigenvalue weighted by Crippen LogP contribution is -2.13. The number of hydrogen-bond donors (Lipinski definition) is 1. The summed E-state index contributed by atoms with van der Waals surface area (Å²) in [4.78, 5) is 12.5. The molecule has 2 heterocycles. The van der Waals surface area contributed by atoms with Gasteiger partial charge in [-0.05, 0) is 37.8 Å². The third-order valence-corrected chi connectivity index (χ3v) is 4.43. The van der Waals surface area contributed by atoms with Crippen molar-refractivity contribution in [3.05, 3.63) is 45.4 Å². The normalized spacial score (nSPS) is 12.6. The number of hydrogen-bond acceptors (Lipinski definition) is 2. The van der Waals surface area contributed by atoms with E-state index in [0.29, 0.717) is 5.56 Å². The van der Waals surface area contributed by atoms with E-state index in [4.69, 9.17) is 0 Å². The summed E-state index contributed by atoms with van der Waals surface area (Å²) in [5.74, 6) is -0.847. The van der Waals surface area contributed by atoms with E-state index in [1.165, 1.54) is 4.88 Å². The van der Waals surface area contributed by atoms with Crippen LogP contribution in [0, 0.1) is 13.8 Å². The van der Waals surface area contributed by atoms with Crippen LogP contribution in [0.25, 0.3) is 0 Å². The topological polar surface area (TPSA) is 42.2 Å². The monoisotopic (exact) mass is 277 g/mol. The predicted molar refractivity (Wildman–Crippen MR) is 78.2 cm³/mol. The van der Waals surface area contributed by atoms with Crippen LogP contribution in [0.1, 0.15) is 52.4 Å². The number of carboxylic acids is 1. The molecule has 0 aromatic carbocycles. The molecule has 2 rings (SSSR count). The first-order chi connectivity index (χ1) is 9.06. The van der Waals surface area contributed by atoms with Crippen LogP contribution in [-0.4, -0.2) is 15.6 Å². The molecular formula is C15H19NO2S. The number of carboxylic acid groups (broad SMARTS) is 1. The Balaban J connectivity index is 2.51. The van der Waals surface area contributed by atoms with Crippen molar-refractivity contribution < 1.29 is 9.90 Å². The fourth-order valence-electron chi connectivity index (χ4n) is 2.63. The van der Waals surface area contributed by atoms with Crippen LogP contribution in [-0.2, 0) is 0 Å². The van der Waals surface area contributed by atoms with Gasteiger partial charge in [-0.15, -0.1) is 11.3 Å². The highest BCUT2D eigenvalue weighted by atomic mass is 32.1. The Labute approximate surface area is 117 Å². The van der Waals surface area contributed by atoms with E-state index in [-0.39, 0.29) is 6.04 Å². The zero-order chi connectivity index (χ0) is 14.0. The maximum atomic E-state index is 11.2. The quantitative estimate of drug-likeness (QED) is 0.887. The second-order valence-electron chi connectivity index (χ2n) is 4.78. The molecular weight excluding hydrogens is 258 g/mol. The second-order valence-corrected chi connectivity index (χ2v) is 5.76. The molecule has 1 atom stereocenters. The van der Waals surface area contributed by atoms with Gasteiger partial charge in [-0.1, -0.05) is 19.4 Å². The summed E-state index contributed by atoms with van der Waals surface area (Å²) in [5, 5.41) is 11.3. The van der Waals surface area contributed by atoms with Crippen molar-refractivity contribution in [1.82, 2.24) is 4.57 Å². The van der Waals surface area contributed by atoms with Crippen molar-refractivity contribution in [1.29, 1.82) is 0 Å². The largest absolute Gasteiger partial charge is 0.478 e. The highest BCUT2D eigenvalue weighted by molar-refractivity contribution is 7.10. The Bertz CT molecular complexity index is 569. The third-order valence-electron chi connectivity index (χ3n) is 3.46. The van der Waals surface area contributed by atoms with Gasteiger partial charge in [-0.2, -0.15) is 0 Å². The van der Waals surface area contributed by atoms with Crippen molar-refractivity contribution >= 4 is 17.3 Å². The van der Waals surface area contributed by atoms with Crippen molar-refractivity contribution in [2.24, 2.45) is 0 Å². The summed E-state index contributed by atoms with van der Waals surface area (Å²) in [6.07, 6.45) is 2.10. The van der Waals surface area contributed by atoms with Gasteiger partial charge in [0.05, 0.1) is 11.6 Å². The summed E-state index contributed by atoms with van der Waals surface area (Å²) in [5.41, 5.74) is 2.27. The lowest BCUT2D eigenvalue weighted by Gasteiger charge is -2.21. The number of aryl methyl sites for hydroxylation is 1. The van der Waals surface area contributed by atoms with Crippen molar-refractivity contribution in [2.45, 2.75) is 39.7 Å². The van der Waals surface area contributed by atoms with Crippen molar-refractivity contribution in [2.75, 3.05) is 0 Å². The van der Waals surface area contributed by atoms with E-state index in [1.54, 1.807) is 17.4 Å².